The summed E-state index contributed by atoms with van der Waals surface area (Å²) < 4.78 is 71.7. The normalized spacial score (nSPS) is 28.0. The monoisotopic (exact) mass is 524 g/mol. The topological polar surface area (TPSA) is 89.5 Å². The van der Waals surface area contributed by atoms with E-state index < -0.39 is 35.8 Å². The number of hydrogen-bond acceptors (Lipinski definition) is 8. The molecule has 2 aromatic heterocycles. The number of rotatable bonds is 5. The van der Waals surface area contributed by atoms with Crippen molar-refractivity contribution >= 4 is 11.8 Å². The van der Waals surface area contributed by atoms with Crippen molar-refractivity contribution in [2.75, 3.05) is 42.6 Å². The van der Waals surface area contributed by atoms with Crippen LogP contribution in [-0.4, -0.2) is 64.8 Å². The van der Waals surface area contributed by atoms with Crippen molar-refractivity contribution in [1.82, 2.24) is 19.7 Å². The Kier molecular flexibility index (Phi) is 6.16. The summed E-state index contributed by atoms with van der Waals surface area (Å²) in [5.74, 6) is -0.196. The number of fused-ring (bicyclic) bond motifs is 1. The second kappa shape index (κ2) is 8.96. The molecule has 1 fully saturated rings. The number of anilines is 2. The van der Waals surface area contributed by atoms with Crippen LogP contribution in [0, 0.1) is 17.8 Å². The third kappa shape index (κ3) is 4.12. The summed E-state index contributed by atoms with van der Waals surface area (Å²) in [5, 5.41) is 3.77. The highest BCUT2D eigenvalue weighted by molar-refractivity contribution is 5.48. The summed E-state index contributed by atoms with van der Waals surface area (Å²) in [4.78, 5) is 25.2. The van der Waals surface area contributed by atoms with Gasteiger partial charge in [-0.3, -0.25) is 9.36 Å². The first-order valence-electron chi connectivity index (χ1n) is 12.1. The molecule has 0 amide bonds. The molecule has 9 nitrogen and oxygen atoms in total. The van der Waals surface area contributed by atoms with E-state index in [4.69, 9.17) is 9.26 Å². The van der Waals surface area contributed by atoms with Crippen molar-refractivity contribution in [3.63, 3.8) is 0 Å². The molecule has 2 aromatic rings. The molecule has 1 unspecified atom stereocenters. The van der Waals surface area contributed by atoms with Gasteiger partial charge >= 0.3 is 6.18 Å². The number of alkyl halides is 3. The Bertz CT molecular complexity index is 1300. The number of aromatic nitrogens is 4. The zero-order valence-corrected chi connectivity index (χ0v) is 20.8. The van der Waals surface area contributed by atoms with E-state index in [1.807, 2.05) is 11.8 Å². The molecule has 4 heterocycles. The van der Waals surface area contributed by atoms with Gasteiger partial charge in [-0.2, -0.15) is 23.1 Å². The molecule has 13 heteroatoms. The standard InChI is InChI=1S/C24H28F4N6O3/c1-15-13-36-10-9-33(15)19-11-20(35)34-8-7-32(21(34)30-19)14-23(12-18-29-16(2)37-31-18)17(25)5-4-6-22(23,3)24(26,27)28/h4-6,11,15H,7-10,12-14H2,1-3H3/t15-,22?,23+/m1/s1. The second-order valence-electron chi connectivity index (χ2n) is 10.0. The van der Waals surface area contributed by atoms with Crippen molar-refractivity contribution in [2.24, 2.45) is 10.8 Å². The summed E-state index contributed by atoms with van der Waals surface area (Å²) >= 11 is 0. The van der Waals surface area contributed by atoms with Gasteiger partial charge in [0, 0.05) is 45.6 Å². The third-order valence-corrected chi connectivity index (χ3v) is 7.72. The smallest absolute Gasteiger partial charge is 0.377 e. The molecular formula is C24H28F4N6O3. The predicted molar refractivity (Wildman–Crippen MR) is 126 cm³/mol. The summed E-state index contributed by atoms with van der Waals surface area (Å²) in [6, 6.07) is 1.39. The summed E-state index contributed by atoms with van der Waals surface area (Å²) in [5.41, 5.74) is -5.05. The van der Waals surface area contributed by atoms with Gasteiger partial charge < -0.3 is 19.1 Å². The highest BCUT2D eigenvalue weighted by Crippen LogP contribution is 2.59. The first-order chi connectivity index (χ1) is 17.4. The van der Waals surface area contributed by atoms with Gasteiger partial charge in [-0.25, -0.2) is 4.39 Å². The molecule has 0 bridgehead atoms. The maximum absolute atomic E-state index is 15.8. The SMILES string of the molecule is Cc1nc(C[C@]2(CN3CCn4c3nc(N3CCOC[C@H]3C)cc4=O)C(F)=CC=CC2(C)C(F)(F)F)no1. The molecule has 2 aliphatic heterocycles. The fourth-order valence-corrected chi connectivity index (χ4v) is 5.45. The van der Waals surface area contributed by atoms with Crippen LogP contribution in [0.5, 0.6) is 0 Å². The van der Waals surface area contributed by atoms with Gasteiger partial charge in [0.25, 0.3) is 5.56 Å². The van der Waals surface area contributed by atoms with Crippen LogP contribution in [0.1, 0.15) is 25.6 Å². The van der Waals surface area contributed by atoms with Crippen LogP contribution < -0.4 is 15.4 Å². The average Bonchev–Trinajstić information content (AvgIpc) is 3.43. The number of hydrogen-bond donors (Lipinski definition) is 0. The molecule has 0 aromatic carbocycles. The van der Waals surface area contributed by atoms with E-state index >= 15 is 4.39 Å². The van der Waals surface area contributed by atoms with Crippen LogP contribution in [0.4, 0.5) is 29.3 Å². The van der Waals surface area contributed by atoms with Crippen molar-refractivity contribution < 1.29 is 26.8 Å². The first kappa shape index (κ1) is 25.4. The number of morpholine rings is 1. The van der Waals surface area contributed by atoms with Crippen molar-refractivity contribution in [3.8, 4) is 0 Å². The number of halogens is 4. The lowest BCUT2D eigenvalue weighted by Gasteiger charge is -2.49. The highest BCUT2D eigenvalue weighted by atomic mass is 19.4. The molecule has 5 rings (SSSR count). The third-order valence-electron chi connectivity index (χ3n) is 7.72. The lowest BCUT2D eigenvalue weighted by Crippen LogP contribution is -2.57. The van der Waals surface area contributed by atoms with E-state index in [-0.39, 0.29) is 42.4 Å². The highest BCUT2D eigenvalue weighted by Gasteiger charge is 2.66. The zero-order valence-electron chi connectivity index (χ0n) is 20.8. The van der Waals surface area contributed by atoms with Crippen LogP contribution in [0.25, 0.3) is 0 Å². The Hall–Kier alpha value is -3.22. The maximum atomic E-state index is 15.8. The van der Waals surface area contributed by atoms with Crippen LogP contribution >= 0.6 is 0 Å². The minimum Gasteiger partial charge on any atom is -0.377 e. The molecule has 0 saturated carbocycles. The van der Waals surface area contributed by atoms with Gasteiger partial charge in [0.15, 0.2) is 5.82 Å². The van der Waals surface area contributed by atoms with Gasteiger partial charge in [-0.05, 0) is 19.9 Å². The predicted octanol–water partition coefficient (Wildman–Crippen LogP) is 3.20. The van der Waals surface area contributed by atoms with E-state index in [1.165, 1.54) is 17.6 Å². The Morgan fingerprint density at radius 3 is 2.68 bits per heavy atom. The van der Waals surface area contributed by atoms with Crippen molar-refractivity contribution in [2.45, 2.75) is 46.0 Å². The summed E-state index contributed by atoms with van der Waals surface area (Å²) in [7, 11) is 0. The molecule has 37 heavy (non-hydrogen) atoms. The Morgan fingerprint density at radius 2 is 2.00 bits per heavy atom. The molecule has 3 atom stereocenters. The number of ether oxygens (including phenoxy) is 1. The van der Waals surface area contributed by atoms with Gasteiger partial charge in [-0.15, -0.1) is 0 Å². The van der Waals surface area contributed by atoms with Crippen LogP contribution in [-0.2, 0) is 17.7 Å². The van der Waals surface area contributed by atoms with Gasteiger partial charge in [0.1, 0.15) is 11.6 Å². The minimum absolute atomic E-state index is 0.0349. The molecule has 1 aliphatic carbocycles. The van der Waals surface area contributed by atoms with E-state index in [0.29, 0.717) is 25.6 Å². The zero-order chi connectivity index (χ0) is 26.6. The second-order valence-corrected chi connectivity index (χ2v) is 10.0. The number of allylic oxidation sites excluding steroid dienone is 3. The molecular weight excluding hydrogens is 496 g/mol. The molecule has 3 aliphatic rings. The molecule has 200 valence electrons. The van der Waals surface area contributed by atoms with E-state index in [2.05, 4.69) is 15.1 Å². The van der Waals surface area contributed by atoms with Crippen LogP contribution in [0.15, 0.2) is 39.4 Å². The van der Waals surface area contributed by atoms with Crippen molar-refractivity contribution in [1.29, 1.82) is 0 Å². The van der Waals surface area contributed by atoms with Crippen LogP contribution in [0.2, 0.25) is 0 Å². The minimum atomic E-state index is -4.80. The maximum Gasteiger partial charge on any atom is 0.398 e. The van der Waals surface area contributed by atoms with E-state index in [1.54, 1.807) is 4.90 Å². The number of nitrogens with zero attached hydrogens (tertiary/aromatic N) is 6. The Balaban J connectivity index is 1.59. The largest absolute Gasteiger partial charge is 0.398 e. The summed E-state index contributed by atoms with van der Waals surface area (Å²) in [6.45, 7) is 5.89. The molecule has 1 saturated heterocycles. The number of aryl methyl sites for hydroxylation is 1. The quantitative estimate of drug-likeness (QED) is 0.551. The van der Waals surface area contributed by atoms with E-state index in [0.717, 1.165) is 25.2 Å². The van der Waals surface area contributed by atoms with Gasteiger partial charge in [0.05, 0.1) is 30.1 Å². The van der Waals surface area contributed by atoms with Crippen LogP contribution in [0.3, 0.4) is 0 Å². The van der Waals surface area contributed by atoms with Gasteiger partial charge in [0.2, 0.25) is 11.8 Å². The Morgan fingerprint density at radius 1 is 1.22 bits per heavy atom. The lowest BCUT2D eigenvalue weighted by molar-refractivity contribution is -0.234. The fourth-order valence-electron chi connectivity index (χ4n) is 5.45. The fraction of sp³-hybridized carbons (Fsp3) is 0.583. The first-order valence-corrected chi connectivity index (χ1v) is 12.1. The van der Waals surface area contributed by atoms with E-state index in [9.17, 15) is 18.0 Å². The Labute approximate surface area is 210 Å². The van der Waals surface area contributed by atoms with Gasteiger partial charge in [-0.1, -0.05) is 17.3 Å². The molecule has 0 N–H and O–H groups in total. The molecule has 0 spiro atoms. The molecule has 0 radical (unpaired) electrons. The average molecular weight is 525 g/mol. The summed E-state index contributed by atoms with van der Waals surface area (Å²) in [6.07, 6.45) is -2.16. The lowest BCUT2D eigenvalue weighted by atomic mass is 9.58. The van der Waals surface area contributed by atoms with Crippen molar-refractivity contribution in [3.05, 3.63) is 52.2 Å².